The normalized spacial score (nSPS) is 14.0. The Morgan fingerprint density at radius 2 is 1.47 bits per heavy atom. The van der Waals surface area contributed by atoms with E-state index in [0.29, 0.717) is 45.5 Å². The summed E-state index contributed by atoms with van der Waals surface area (Å²) in [6.07, 6.45) is 1.34. The summed E-state index contributed by atoms with van der Waals surface area (Å²) in [7, 11) is 3.01. The van der Waals surface area contributed by atoms with Crippen LogP contribution in [0.5, 0.6) is 11.5 Å². The van der Waals surface area contributed by atoms with Gasteiger partial charge in [-0.1, -0.05) is 37.0 Å². The molecule has 11 heteroatoms. The van der Waals surface area contributed by atoms with Crippen LogP contribution in [0, 0.1) is 0 Å². The van der Waals surface area contributed by atoms with Gasteiger partial charge in [-0.25, -0.2) is 9.59 Å². The minimum Gasteiger partial charge on any atom is -0.507 e. The van der Waals surface area contributed by atoms with Crippen LogP contribution in [0.2, 0.25) is 10.0 Å². The van der Waals surface area contributed by atoms with Gasteiger partial charge in [-0.05, 0) is 82.9 Å². The number of aliphatic hydroxyl groups is 1. The number of aryl methyl sites for hydroxylation is 2. The minimum absolute atomic E-state index is 0.00759. The average Bonchev–Trinajstić information content (AvgIpc) is 3.14. The third kappa shape index (κ3) is 8.57. The van der Waals surface area contributed by atoms with Crippen molar-refractivity contribution in [1.29, 1.82) is 0 Å². The van der Waals surface area contributed by atoms with Crippen LogP contribution in [0.3, 0.4) is 0 Å². The van der Waals surface area contributed by atoms with Crippen molar-refractivity contribution < 1.29 is 43.2 Å². The summed E-state index contributed by atoms with van der Waals surface area (Å²) in [5.74, 6) is -0.767. The van der Waals surface area contributed by atoms with Gasteiger partial charge >= 0.3 is 17.9 Å². The summed E-state index contributed by atoms with van der Waals surface area (Å²) < 4.78 is 26.0. The fraction of sp³-hybridized carbons (Fsp3) is 0.469. The van der Waals surface area contributed by atoms with Crippen LogP contribution in [0.25, 0.3) is 5.57 Å². The zero-order valence-corrected chi connectivity index (χ0v) is 27.6. The van der Waals surface area contributed by atoms with Crippen LogP contribution in [0.4, 0.5) is 0 Å². The fourth-order valence-electron chi connectivity index (χ4n) is 4.48. The van der Waals surface area contributed by atoms with Gasteiger partial charge in [-0.3, -0.25) is 4.79 Å². The molecule has 2 aromatic rings. The number of ether oxygens (including phenoxy) is 5. The highest BCUT2D eigenvalue weighted by atomic mass is 35.5. The van der Waals surface area contributed by atoms with Gasteiger partial charge in [0.25, 0.3) is 0 Å². The van der Waals surface area contributed by atoms with Gasteiger partial charge in [-0.15, -0.1) is 0 Å². The number of carbonyl (C=O) groups excluding carboxylic acids is 3. The molecule has 1 N–H and O–H groups in total. The van der Waals surface area contributed by atoms with E-state index in [-0.39, 0.29) is 24.4 Å². The lowest BCUT2D eigenvalue weighted by Crippen LogP contribution is -2.39. The molecule has 0 amide bonds. The van der Waals surface area contributed by atoms with Gasteiger partial charge in [0.05, 0.1) is 27.2 Å². The Morgan fingerprint density at radius 3 is 1.93 bits per heavy atom. The van der Waals surface area contributed by atoms with Crippen molar-refractivity contribution in [2.24, 2.45) is 0 Å². The van der Waals surface area contributed by atoms with Crippen molar-refractivity contribution in [1.82, 2.24) is 0 Å². The Morgan fingerprint density at radius 1 is 0.930 bits per heavy atom. The summed E-state index contributed by atoms with van der Waals surface area (Å²) in [6, 6.07) is 6.83. The van der Waals surface area contributed by atoms with E-state index >= 15 is 0 Å². The average molecular weight is 640 g/mol. The molecule has 0 bridgehead atoms. The van der Waals surface area contributed by atoms with Crippen molar-refractivity contribution in [3.05, 3.63) is 62.3 Å². The van der Waals surface area contributed by atoms with Crippen LogP contribution in [0.1, 0.15) is 70.7 Å². The maximum absolute atomic E-state index is 12.2. The molecule has 0 saturated heterocycles. The number of esters is 3. The van der Waals surface area contributed by atoms with Crippen LogP contribution in [-0.2, 0) is 47.9 Å². The van der Waals surface area contributed by atoms with E-state index in [1.54, 1.807) is 45.0 Å². The predicted molar refractivity (Wildman–Crippen MR) is 165 cm³/mol. The number of methoxy groups -OCH3 is 2. The topological polar surface area (TPSA) is 118 Å². The Bertz CT molecular complexity index is 1340. The number of rotatable bonds is 10. The number of carbonyl (C=O) groups is 3. The second-order valence-corrected chi connectivity index (χ2v) is 11.5. The fourth-order valence-corrected chi connectivity index (χ4v) is 4.95. The molecular weight excluding hydrogens is 599 g/mol. The van der Waals surface area contributed by atoms with E-state index in [1.165, 1.54) is 28.1 Å². The molecule has 0 unspecified atom stereocenters. The first kappa shape index (κ1) is 35.8. The summed E-state index contributed by atoms with van der Waals surface area (Å²) in [5, 5.41) is 11.4. The van der Waals surface area contributed by atoms with Crippen LogP contribution >= 0.6 is 23.2 Å². The summed E-state index contributed by atoms with van der Waals surface area (Å²) >= 11 is 12.1. The Balaban J connectivity index is 0.000000303. The molecule has 3 rings (SSSR count). The van der Waals surface area contributed by atoms with E-state index in [9.17, 15) is 19.5 Å². The summed E-state index contributed by atoms with van der Waals surface area (Å²) in [4.78, 5) is 36.1. The Labute approximate surface area is 263 Å². The lowest BCUT2D eigenvalue weighted by Gasteiger charge is -2.23. The third-order valence-corrected chi connectivity index (χ3v) is 7.12. The second kappa shape index (κ2) is 14.8. The summed E-state index contributed by atoms with van der Waals surface area (Å²) in [6.45, 7) is 12.1. The van der Waals surface area contributed by atoms with Gasteiger partial charge in [-0.2, -0.15) is 0 Å². The molecule has 236 valence electrons. The highest BCUT2D eigenvalue weighted by Gasteiger charge is 2.43. The lowest BCUT2D eigenvalue weighted by atomic mass is 9.94. The highest BCUT2D eigenvalue weighted by molar-refractivity contribution is 6.31. The smallest absolute Gasteiger partial charge is 0.349 e. The maximum atomic E-state index is 12.2. The minimum atomic E-state index is -1.33. The zero-order chi connectivity index (χ0) is 32.7. The molecule has 0 spiro atoms. The number of hydrogen-bond acceptors (Lipinski definition) is 9. The molecule has 1 aliphatic heterocycles. The molecule has 2 aromatic carbocycles. The number of aliphatic hydroxyl groups excluding tert-OH is 1. The standard InChI is InChI=1S/C17H23ClO5.C15H17ClO4/c1-6-11-8-12(18)9-14(21-5)13(11)10-15(19)23-17(3,4)16(20)22-7-2;1-5-8-6-9(16)7-10(19-4)11(8)12-13(17)15(2,3)20-14(12)18/h8-9H,6-7,10H2,1-5H3;6-7,17H,5H2,1-4H3. The number of cyclic esters (lactones) is 1. The van der Waals surface area contributed by atoms with Gasteiger partial charge < -0.3 is 28.8 Å². The molecule has 0 aliphatic carbocycles. The van der Waals surface area contributed by atoms with Gasteiger partial charge in [0.15, 0.2) is 11.4 Å². The lowest BCUT2D eigenvalue weighted by molar-refractivity contribution is -0.177. The van der Waals surface area contributed by atoms with Crippen LogP contribution in [0.15, 0.2) is 30.0 Å². The molecule has 1 aliphatic rings. The third-order valence-electron chi connectivity index (χ3n) is 6.68. The maximum Gasteiger partial charge on any atom is 0.349 e. The largest absolute Gasteiger partial charge is 0.507 e. The molecule has 0 fully saturated rings. The first-order valence-electron chi connectivity index (χ1n) is 13.8. The molecule has 0 aromatic heterocycles. The highest BCUT2D eigenvalue weighted by Crippen LogP contribution is 2.42. The molecular formula is C32H40Cl2O9. The van der Waals surface area contributed by atoms with Crippen molar-refractivity contribution in [3.8, 4) is 11.5 Å². The monoisotopic (exact) mass is 638 g/mol. The summed E-state index contributed by atoms with van der Waals surface area (Å²) in [5.41, 5.74) is 0.781. The van der Waals surface area contributed by atoms with Crippen molar-refractivity contribution >= 4 is 46.7 Å². The van der Waals surface area contributed by atoms with Gasteiger partial charge in [0.2, 0.25) is 5.60 Å². The van der Waals surface area contributed by atoms with E-state index < -0.39 is 29.1 Å². The van der Waals surface area contributed by atoms with E-state index in [2.05, 4.69) is 0 Å². The van der Waals surface area contributed by atoms with Crippen LogP contribution < -0.4 is 9.47 Å². The van der Waals surface area contributed by atoms with E-state index in [4.69, 9.17) is 46.9 Å². The van der Waals surface area contributed by atoms with Crippen molar-refractivity contribution in [2.45, 2.75) is 78.9 Å². The first-order valence-corrected chi connectivity index (χ1v) is 14.6. The Kier molecular flexibility index (Phi) is 12.3. The van der Waals surface area contributed by atoms with Crippen molar-refractivity contribution in [2.75, 3.05) is 20.8 Å². The first-order chi connectivity index (χ1) is 20.1. The van der Waals surface area contributed by atoms with E-state index in [1.807, 2.05) is 13.8 Å². The molecule has 0 radical (unpaired) electrons. The quantitative estimate of drug-likeness (QED) is 0.220. The zero-order valence-electron chi connectivity index (χ0n) is 26.1. The molecule has 9 nitrogen and oxygen atoms in total. The van der Waals surface area contributed by atoms with Crippen LogP contribution in [-0.4, -0.2) is 55.0 Å². The number of halogens is 2. The molecule has 43 heavy (non-hydrogen) atoms. The Hall–Kier alpha value is -3.43. The SMILES string of the molecule is CCOC(=O)C(C)(C)OC(=O)Cc1c(CC)cc(Cl)cc1OC.CCc1cc(Cl)cc(OC)c1C1=C(O)C(C)(C)OC1=O. The predicted octanol–water partition coefficient (Wildman–Crippen LogP) is 6.85. The second-order valence-electron chi connectivity index (χ2n) is 10.6. The van der Waals surface area contributed by atoms with Gasteiger partial charge in [0, 0.05) is 21.2 Å². The molecule has 0 atom stereocenters. The number of benzene rings is 2. The van der Waals surface area contributed by atoms with E-state index in [0.717, 1.165) is 11.1 Å². The molecule has 1 heterocycles. The van der Waals surface area contributed by atoms with Crippen molar-refractivity contribution in [3.63, 3.8) is 0 Å². The number of hydrogen-bond donors (Lipinski definition) is 1. The molecule has 0 saturated carbocycles. The van der Waals surface area contributed by atoms with Gasteiger partial charge in [0.1, 0.15) is 17.1 Å².